The van der Waals surface area contributed by atoms with Crippen molar-refractivity contribution in [2.75, 3.05) is 14.2 Å². The maximum Gasteiger partial charge on any atom is 0.252 e. The van der Waals surface area contributed by atoms with E-state index < -0.39 is 0 Å². The summed E-state index contributed by atoms with van der Waals surface area (Å²) in [5, 5.41) is 3.09. The summed E-state index contributed by atoms with van der Waals surface area (Å²) in [5.41, 5.74) is 2.41. The number of carbonyl (C=O) groups is 1. The molecule has 0 bridgehead atoms. The van der Waals surface area contributed by atoms with Crippen LogP contribution in [0.1, 0.15) is 27.5 Å². The third-order valence-corrected chi connectivity index (χ3v) is 4.06. The van der Waals surface area contributed by atoms with E-state index in [1.54, 1.807) is 44.8 Å². The van der Waals surface area contributed by atoms with Crippen molar-refractivity contribution in [3.63, 3.8) is 0 Å². The molecule has 132 valence electrons. The van der Waals surface area contributed by atoms with Crippen LogP contribution in [0.3, 0.4) is 0 Å². The fourth-order valence-corrected chi connectivity index (χ4v) is 2.71. The first kappa shape index (κ1) is 17.5. The van der Waals surface area contributed by atoms with Gasteiger partial charge in [-0.2, -0.15) is 0 Å². The second-order valence-corrected chi connectivity index (χ2v) is 5.70. The number of carbonyl (C=O) groups excluding carboxylic acids is 1. The standard InChI is InChI=1S/C21H20N2O3/c1-25-18-12-17(13-19(14-18)26-2)21(24)23-20(15-6-4-3-5-7-15)16-8-10-22-11-9-16/h3-14,20H,1-2H3,(H,23,24)/t20-/m1/s1. The second-order valence-electron chi connectivity index (χ2n) is 5.70. The number of pyridine rings is 1. The first-order chi connectivity index (χ1) is 12.7. The summed E-state index contributed by atoms with van der Waals surface area (Å²) in [7, 11) is 3.11. The van der Waals surface area contributed by atoms with Gasteiger partial charge in [0.05, 0.1) is 20.3 Å². The third kappa shape index (κ3) is 4.00. The molecule has 3 aromatic rings. The summed E-state index contributed by atoms with van der Waals surface area (Å²) in [6.45, 7) is 0. The van der Waals surface area contributed by atoms with Crippen molar-refractivity contribution in [1.82, 2.24) is 10.3 Å². The van der Waals surface area contributed by atoms with Crippen molar-refractivity contribution in [2.24, 2.45) is 0 Å². The Balaban J connectivity index is 1.93. The Hall–Kier alpha value is -3.34. The summed E-state index contributed by atoms with van der Waals surface area (Å²) >= 11 is 0. The Bertz CT molecular complexity index is 805. The third-order valence-electron chi connectivity index (χ3n) is 4.06. The zero-order valence-electron chi connectivity index (χ0n) is 14.7. The lowest BCUT2D eigenvalue weighted by Gasteiger charge is -2.20. The molecule has 1 aromatic heterocycles. The van der Waals surface area contributed by atoms with Crippen molar-refractivity contribution < 1.29 is 14.3 Å². The molecule has 1 N–H and O–H groups in total. The van der Waals surface area contributed by atoms with Gasteiger partial charge in [0.25, 0.3) is 5.91 Å². The maximum atomic E-state index is 12.9. The predicted molar refractivity (Wildman–Crippen MR) is 99.5 cm³/mol. The van der Waals surface area contributed by atoms with Crippen LogP contribution < -0.4 is 14.8 Å². The van der Waals surface area contributed by atoms with Crippen LogP contribution in [-0.4, -0.2) is 25.1 Å². The van der Waals surface area contributed by atoms with E-state index in [0.29, 0.717) is 17.1 Å². The normalized spacial score (nSPS) is 11.5. The van der Waals surface area contributed by atoms with Crippen molar-refractivity contribution in [1.29, 1.82) is 0 Å². The minimum atomic E-state index is -0.288. The molecule has 0 radical (unpaired) electrons. The Morgan fingerprint density at radius 2 is 1.46 bits per heavy atom. The van der Waals surface area contributed by atoms with Crippen molar-refractivity contribution in [2.45, 2.75) is 6.04 Å². The van der Waals surface area contributed by atoms with Gasteiger partial charge >= 0.3 is 0 Å². The number of aromatic nitrogens is 1. The molecular weight excluding hydrogens is 328 g/mol. The van der Waals surface area contributed by atoms with E-state index in [-0.39, 0.29) is 11.9 Å². The number of nitrogens with zero attached hydrogens (tertiary/aromatic N) is 1. The Kier molecular flexibility index (Phi) is 5.49. The lowest BCUT2D eigenvalue weighted by molar-refractivity contribution is 0.0942. The minimum absolute atomic E-state index is 0.215. The predicted octanol–water partition coefficient (Wildman–Crippen LogP) is 3.62. The van der Waals surface area contributed by atoms with Crippen molar-refractivity contribution in [3.8, 4) is 11.5 Å². The van der Waals surface area contributed by atoms with Gasteiger partial charge in [-0.25, -0.2) is 0 Å². The zero-order chi connectivity index (χ0) is 18.4. The van der Waals surface area contributed by atoms with Gasteiger partial charge in [-0.05, 0) is 35.4 Å². The molecule has 0 aliphatic carbocycles. The van der Waals surface area contributed by atoms with Gasteiger partial charge < -0.3 is 14.8 Å². The molecule has 0 saturated heterocycles. The van der Waals surface area contributed by atoms with Crippen molar-refractivity contribution >= 4 is 5.91 Å². The summed E-state index contributed by atoms with van der Waals surface area (Å²) in [4.78, 5) is 17.0. The number of ether oxygens (including phenoxy) is 2. The zero-order valence-corrected chi connectivity index (χ0v) is 14.7. The highest BCUT2D eigenvalue weighted by Crippen LogP contribution is 2.25. The lowest BCUT2D eigenvalue weighted by atomic mass is 9.99. The van der Waals surface area contributed by atoms with Gasteiger partial charge in [0.2, 0.25) is 0 Å². The average Bonchev–Trinajstić information content (AvgIpc) is 2.72. The summed E-state index contributed by atoms with van der Waals surface area (Å²) in [6, 6.07) is 18.4. The monoisotopic (exact) mass is 348 g/mol. The Morgan fingerprint density at radius 3 is 2.04 bits per heavy atom. The van der Waals surface area contributed by atoms with Crippen LogP contribution in [0.5, 0.6) is 11.5 Å². The van der Waals surface area contributed by atoms with Crippen LogP contribution in [0, 0.1) is 0 Å². The largest absolute Gasteiger partial charge is 0.497 e. The molecule has 5 heteroatoms. The SMILES string of the molecule is COc1cc(OC)cc(C(=O)N[C@H](c2ccccc2)c2ccncc2)c1. The van der Waals surface area contributed by atoms with E-state index in [2.05, 4.69) is 10.3 Å². The number of benzene rings is 2. The number of methoxy groups -OCH3 is 2. The van der Waals surface area contributed by atoms with Crippen LogP contribution in [0.2, 0.25) is 0 Å². The molecule has 26 heavy (non-hydrogen) atoms. The van der Waals surface area contributed by atoms with Crippen LogP contribution in [-0.2, 0) is 0 Å². The first-order valence-electron chi connectivity index (χ1n) is 8.20. The summed E-state index contributed by atoms with van der Waals surface area (Å²) in [5.74, 6) is 0.914. The molecule has 0 fully saturated rings. The number of hydrogen-bond acceptors (Lipinski definition) is 4. The molecule has 0 unspecified atom stereocenters. The highest BCUT2D eigenvalue weighted by molar-refractivity contribution is 5.95. The van der Waals surface area contributed by atoms with E-state index in [0.717, 1.165) is 11.1 Å². The number of amides is 1. The quantitative estimate of drug-likeness (QED) is 0.739. The molecule has 0 spiro atoms. The smallest absolute Gasteiger partial charge is 0.252 e. The molecule has 2 aromatic carbocycles. The fraction of sp³-hybridized carbons (Fsp3) is 0.143. The van der Waals surface area contributed by atoms with Crippen LogP contribution in [0.25, 0.3) is 0 Å². The molecule has 1 amide bonds. The Morgan fingerprint density at radius 1 is 0.885 bits per heavy atom. The number of hydrogen-bond donors (Lipinski definition) is 1. The number of nitrogens with one attached hydrogen (secondary N) is 1. The molecule has 1 atom stereocenters. The van der Waals surface area contributed by atoms with Gasteiger partial charge in [-0.15, -0.1) is 0 Å². The molecule has 0 aliphatic heterocycles. The van der Waals surface area contributed by atoms with E-state index in [1.165, 1.54) is 0 Å². The Labute approximate surface area is 152 Å². The molecule has 0 aliphatic rings. The second kappa shape index (κ2) is 8.16. The summed E-state index contributed by atoms with van der Waals surface area (Å²) < 4.78 is 10.5. The molecule has 0 saturated carbocycles. The van der Waals surface area contributed by atoms with Crippen LogP contribution in [0.15, 0.2) is 73.1 Å². The molecule has 5 nitrogen and oxygen atoms in total. The van der Waals surface area contributed by atoms with E-state index in [9.17, 15) is 4.79 Å². The summed E-state index contributed by atoms with van der Waals surface area (Å²) in [6.07, 6.45) is 3.43. The maximum absolute atomic E-state index is 12.9. The molecule has 1 heterocycles. The van der Waals surface area contributed by atoms with E-state index in [4.69, 9.17) is 9.47 Å². The topological polar surface area (TPSA) is 60.5 Å². The van der Waals surface area contributed by atoms with Gasteiger partial charge in [0.1, 0.15) is 11.5 Å². The van der Waals surface area contributed by atoms with Crippen LogP contribution in [0.4, 0.5) is 0 Å². The van der Waals surface area contributed by atoms with Crippen LogP contribution >= 0.6 is 0 Å². The van der Waals surface area contributed by atoms with Gasteiger partial charge in [0.15, 0.2) is 0 Å². The number of rotatable bonds is 6. The first-order valence-corrected chi connectivity index (χ1v) is 8.20. The van der Waals surface area contributed by atoms with Gasteiger partial charge in [-0.1, -0.05) is 30.3 Å². The van der Waals surface area contributed by atoms with E-state index >= 15 is 0 Å². The molecule has 3 rings (SSSR count). The molecular formula is C21H20N2O3. The van der Waals surface area contributed by atoms with Crippen molar-refractivity contribution in [3.05, 3.63) is 89.7 Å². The lowest BCUT2D eigenvalue weighted by Crippen LogP contribution is -2.29. The van der Waals surface area contributed by atoms with Gasteiger partial charge in [-0.3, -0.25) is 9.78 Å². The van der Waals surface area contributed by atoms with E-state index in [1.807, 2.05) is 42.5 Å². The van der Waals surface area contributed by atoms with Gasteiger partial charge in [0, 0.05) is 24.0 Å². The average molecular weight is 348 g/mol. The highest BCUT2D eigenvalue weighted by Gasteiger charge is 2.18. The fourth-order valence-electron chi connectivity index (χ4n) is 2.71. The minimum Gasteiger partial charge on any atom is -0.497 e. The highest BCUT2D eigenvalue weighted by atomic mass is 16.5.